The van der Waals surface area contributed by atoms with Gasteiger partial charge >= 0.3 is 0 Å². The van der Waals surface area contributed by atoms with E-state index < -0.39 is 0 Å². The zero-order valence-corrected chi connectivity index (χ0v) is 10.4. The van der Waals surface area contributed by atoms with Gasteiger partial charge in [-0.25, -0.2) is 4.98 Å². The van der Waals surface area contributed by atoms with E-state index in [-0.39, 0.29) is 0 Å². The highest BCUT2D eigenvalue weighted by atomic mass is 16.5. The SMILES string of the molecule is Cc1cccc2nc(C3CCOCC3)c(C=O)n12. The van der Waals surface area contributed by atoms with Crippen LogP contribution in [0.15, 0.2) is 18.2 Å². The topological polar surface area (TPSA) is 43.6 Å². The maximum atomic E-state index is 11.4. The largest absolute Gasteiger partial charge is 0.381 e. The minimum absolute atomic E-state index is 0.346. The number of nitrogens with zero attached hydrogens (tertiary/aromatic N) is 2. The molecular formula is C14H16N2O2. The molecule has 0 amide bonds. The Balaban J connectivity index is 2.16. The summed E-state index contributed by atoms with van der Waals surface area (Å²) in [5.74, 6) is 0.346. The Morgan fingerprint density at radius 1 is 1.39 bits per heavy atom. The zero-order valence-electron chi connectivity index (χ0n) is 10.4. The van der Waals surface area contributed by atoms with Gasteiger partial charge in [0.1, 0.15) is 11.3 Å². The summed E-state index contributed by atoms with van der Waals surface area (Å²) in [6, 6.07) is 5.91. The number of ether oxygens (including phenoxy) is 1. The number of rotatable bonds is 2. The first-order valence-electron chi connectivity index (χ1n) is 6.32. The van der Waals surface area contributed by atoms with Crippen LogP contribution < -0.4 is 0 Å². The summed E-state index contributed by atoms with van der Waals surface area (Å²) in [7, 11) is 0. The fourth-order valence-corrected chi connectivity index (χ4v) is 2.68. The summed E-state index contributed by atoms with van der Waals surface area (Å²) >= 11 is 0. The standard InChI is InChI=1S/C14H16N2O2/c1-10-3-2-4-13-15-14(12(9-17)16(10)13)11-5-7-18-8-6-11/h2-4,9,11H,5-8H2,1H3. The molecule has 0 aliphatic carbocycles. The predicted octanol–water partition coefficient (Wildman–Crippen LogP) is 2.35. The summed E-state index contributed by atoms with van der Waals surface area (Å²) < 4.78 is 7.31. The molecule has 0 N–H and O–H groups in total. The van der Waals surface area contributed by atoms with Crippen LogP contribution in [0.3, 0.4) is 0 Å². The van der Waals surface area contributed by atoms with Crippen molar-refractivity contribution >= 4 is 11.9 Å². The number of aryl methyl sites for hydroxylation is 1. The molecule has 0 bridgehead atoms. The van der Waals surface area contributed by atoms with Gasteiger partial charge in [0.25, 0.3) is 0 Å². The van der Waals surface area contributed by atoms with Crippen LogP contribution in [0, 0.1) is 6.92 Å². The van der Waals surface area contributed by atoms with Crippen LogP contribution in [0.4, 0.5) is 0 Å². The van der Waals surface area contributed by atoms with E-state index in [4.69, 9.17) is 4.74 Å². The summed E-state index contributed by atoms with van der Waals surface area (Å²) in [6.07, 6.45) is 2.82. The molecular weight excluding hydrogens is 228 g/mol. The Morgan fingerprint density at radius 2 is 2.17 bits per heavy atom. The van der Waals surface area contributed by atoms with Gasteiger partial charge in [-0.3, -0.25) is 9.20 Å². The van der Waals surface area contributed by atoms with Gasteiger partial charge in [-0.2, -0.15) is 0 Å². The number of pyridine rings is 1. The monoisotopic (exact) mass is 244 g/mol. The molecule has 0 unspecified atom stereocenters. The highest BCUT2D eigenvalue weighted by Gasteiger charge is 2.23. The highest BCUT2D eigenvalue weighted by molar-refractivity contribution is 5.77. The molecule has 1 aliphatic rings. The Morgan fingerprint density at radius 3 is 2.89 bits per heavy atom. The summed E-state index contributed by atoms with van der Waals surface area (Å²) in [5.41, 5.74) is 3.54. The molecule has 4 heteroatoms. The number of fused-ring (bicyclic) bond motifs is 1. The molecule has 1 saturated heterocycles. The van der Waals surface area contributed by atoms with Crippen LogP contribution in [0.1, 0.15) is 40.6 Å². The van der Waals surface area contributed by atoms with Crippen LogP contribution in [-0.2, 0) is 4.74 Å². The molecule has 2 aromatic heterocycles. The molecule has 3 heterocycles. The number of hydrogen-bond donors (Lipinski definition) is 0. The average Bonchev–Trinajstić information content (AvgIpc) is 2.79. The first-order valence-corrected chi connectivity index (χ1v) is 6.32. The van der Waals surface area contributed by atoms with Gasteiger partial charge in [0.05, 0.1) is 5.69 Å². The van der Waals surface area contributed by atoms with Crippen molar-refractivity contribution in [1.82, 2.24) is 9.38 Å². The molecule has 18 heavy (non-hydrogen) atoms. The molecule has 0 saturated carbocycles. The van der Waals surface area contributed by atoms with Crippen LogP contribution in [0.25, 0.3) is 5.65 Å². The molecule has 3 rings (SSSR count). The molecule has 1 fully saturated rings. The molecule has 0 atom stereocenters. The van der Waals surface area contributed by atoms with Crippen molar-refractivity contribution in [2.24, 2.45) is 0 Å². The summed E-state index contributed by atoms with van der Waals surface area (Å²) in [4.78, 5) is 16.0. The molecule has 94 valence electrons. The number of aldehydes is 1. The van der Waals surface area contributed by atoms with Crippen molar-refractivity contribution in [3.05, 3.63) is 35.3 Å². The normalized spacial score (nSPS) is 17.2. The van der Waals surface area contributed by atoms with Gasteiger partial charge in [0, 0.05) is 24.8 Å². The van der Waals surface area contributed by atoms with Crippen molar-refractivity contribution in [2.75, 3.05) is 13.2 Å². The fourth-order valence-electron chi connectivity index (χ4n) is 2.68. The molecule has 0 aromatic carbocycles. The predicted molar refractivity (Wildman–Crippen MR) is 68.1 cm³/mol. The smallest absolute Gasteiger partial charge is 0.168 e. The van der Waals surface area contributed by atoms with E-state index in [0.717, 1.165) is 49.4 Å². The Kier molecular flexibility index (Phi) is 2.88. The second-order valence-electron chi connectivity index (χ2n) is 4.75. The van der Waals surface area contributed by atoms with E-state index in [1.54, 1.807) is 0 Å². The van der Waals surface area contributed by atoms with E-state index in [1.165, 1.54) is 0 Å². The lowest BCUT2D eigenvalue weighted by Crippen LogP contribution is -2.15. The van der Waals surface area contributed by atoms with Crippen molar-refractivity contribution in [2.45, 2.75) is 25.7 Å². The van der Waals surface area contributed by atoms with E-state index in [0.29, 0.717) is 11.6 Å². The molecule has 0 spiro atoms. The highest BCUT2D eigenvalue weighted by Crippen LogP contribution is 2.29. The van der Waals surface area contributed by atoms with Crippen LogP contribution >= 0.6 is 0 Å². The second-order valence-corrected chi connectivity index (χ2v) is 4.75. The summed E-state index contributed by atoms with van der Waals surface area (Å²) in [5, 5.41) is 0. The Bertz CT molecular complexity index is 583. The number of aromatic nitrogens is 2. The fraction of sp³-hybridized carbons (Fsp3) is 0.429. The zero-order chi connectivity index (χ0) is 12.5. The number of carbonyl (C=O) groups is 1. The van der Waals surface area contributed by atoms with Gasteiger partial charge < -0.3 is 4.74 Å². The molecule has 4 nitrogen and oxygen atoms in total. The van der Waals surface area contributed by atoms with E-state index in [1.807, 2.05) is 29.5 Å². The Labute approximate surface area is 106 Å². The molecule has 2 aromatic rings. The van der Waals surface area contributed by atoms with Crippen molar-refractivity contribution in [3.63, 3.8) is 0 Å². The lowest BCUT2D eigenvalue weighted by molar-refractivity contribution is 0.0841. The maximum absolute atomic E-state index is 11.4. The van der Waals surface area contributed by atoms with Crippen molar-refractivity contribution in [3.8, 4) is 0 Å². The van der Waals surface area contributed by atoms with Gasteiger partial charge in [-0.05, 0) is 31.9 Å². The van der Waals surface area contributed by atoms with Crippen molar-refractivity contribution in [1.29, 1.82) is 0 Å². The van der Waals surface area contributed by atoms with Crippen LogP contribution in [0.5, 0.6) is 0 Å². The van der Waals surface area contributed by atoms with Crippen LogP contribution in [0.2, 0.25) is 0 Å². The summed E-state index contributed by atoms with van der Waals surface area (Å²) in [6.45, 7) is 3.51. The van der Waals surface area contributed by atoms with E-state index in [9.17, 15) is 4.79 Å². The quantitative estimate of drug-likeness (QED) is 0.762. The van der Waals surface area contributed by atoms with Gasteiger partial charge in [-0.15, -0.1) is 0 Å². The van der Waals surface area contributed by atoms with Gasteiger partial charge in [-0.1, -0.05) is 6.07 Å². The average molecular weight is 244 g/mol. The van der Waals surface area contributed by atoms with Gasteiger partial charge in [0.2, 0.25) is 0 Å². The number of imidazole rings is 1. The Hall–Kier alpha value is -1.68. The molecule has 1 aliphatic heterocycles. The van der Waals surface area contributed by atoms with Crippen LogP contribution in [-0.4, -0.2) is 28.9 Å². The maximum Gasteiger partial charge on any atom is 0.168 e. The third-order valence-electron chi connectivity index (χ3n) is 3.62. The minimum Gasteiger partial charge on any atom is -0.381 e. The lowest BCUT2D eigenvalue weighted by atomic mass is 9.95. The minimum atomic E-state index is 0.346. The number of hydrogen-bond acceptors (Lipinski definition) is 3. The first-order chi connectivity index (χ1) is 8.81. The van der Waals surface area contributed by atoms with Crippen molar-refractivity contribution < 1.29 is 9.53 Å². The van der Waals surface area contributed by atoms with E-state index in [2.05, 4.69) is 4.98 Å². The van der Waals surface area contributed by atoms with E-state index >= 15 is 0 Å². The lowest BCUT2D eigenvalue weighted by Gasteiger charge is -2.20. The first kappa shape index (κ1) is 11.4. The number of carbonyl (C=O) groups excluding carboxylic acids is 1. The van der Waals surface area contributed by atoms with Gasteiger partial charge in [0.15, 0.2) is 6.29 Å². The third-order valence-corrected chi connectivity index (χ3v) is 3.62. The third kappa shape index (κ3) is 1.73. The molecule has 0 radical (unpaired) electrons. The second kappa shape index (κ2) is 4.53.